The number of imide groups is 2. The number of phenols is 1. The highest BCUT2D eigenvalue weighted by Gasteiger charge is 2.43. The van der Waals surface area contributed by atoms with Gasteiger partial charge in [0.15, 0.2) is 5.92 Å². The van der Waals surface area contributed by atoms with Crippen LogP contribution in [-0.4, -0.2) is 46.8 Å². The molecule has 1 unspecified atom stereocenters. The van der Waals surface area contributed by atoms with E-state index in [1.807, 2.05) is 16.2 Å². The lowest BCUT2D eigenvalue weighted by atomic mass is 10.1. The lowest BCUT2D eigenvalue weighted by Gasteiger charge is -2.26. The standard InChI is InChI=1S/C13H13N5O6/c1-18-11(22)8(9(20)15-13(18)24)10(21)16-17-12(23)14-6-3-2-4-7(19)5-6/h2-5,8,19H,1H3,(H,16,21)(H2,14,17,23)(H,15,20,24). The minimum Gasteiger partial charge on any atom is -0.508 e. The van der Waals surface area contributed by atoms with Gasteiger partial charge in [-0.25, -0.2) is 15.0 Å². The van der Waals surface area contributed by atoms with Crippen molar-refractivity contribution in [3.05, 3.63) is 24.3 Å². The number of hydrogen-bond acceptors (Lipinski definition) is 6. The van der Waals surface area contributed by atoms with Gasteiger partial charge >= 0.3 is 12.1 Å². The summed E-state index contributed by atoms with van der Waals surface area (Å²) in [5, 5.41) is 13.4. The van der Waals surface area contributed by atoms with Gasteiger partial charge < -0.3 is 10.4 Å². The van der Waals surface area contributed by atoms with Crippen molar-refractivity contribution >= 4 is 35.5 Å². The van der Waals surface area contributed by atoms with Crippen molar-refractivity contribution in [2.45, 2.75) is 0 Å². The fourth-order valence-corrected chi connectivity index (χ4v) is 1.84. The van der Waals surface area contributed by atoms with E-state index in [1.165, 1.54) is 24.3 Å². The molecule has 1 atom stereocenters. The molecule has 126 valence electrons. The molecule has 0 bridgehead atoms. The molecule has 11 nitrogen and oxygen atoms in total. The number of hydrogen-bond donors (Lipinski definition) is 5. The van der Waals surface area contributed by atoms with Crippen LogP contribution >= 0.6 is 0 Å². The van der Waals surface area contributed by atoms with Gasteiger partial charge in [0.05, 0.1) is 0 Å². The molecule has 5 N–H and O–H groups in total. The molecular weight excluding hydrogens is 322 g/mol. The average molecular weight is 335 g/mol. The van der Waals surface area contributed by atoms with E-state index < -0.39 is 35.7 Å². The van der Waals surface area contributed by atoms with Crippen LogP contribution in [0.3, 0.4) is 0 Å². The van der Waals surface area contributed by atoms with Crippen LogP contribution in [0, 0.1) is 5.92 Å². The average Bonchev–Trinajstić information content (AvgIpc) is 2.51. The summed E-state index contributed by atoms with van der Waals surface area (Å²) in [6.45, 7) is 0. The Hall–Kier alpha value is -3.63. The van der Waals surface area contributed by atoms with Gasteiger partial charge in [-0.3, -0.25) is 30.0 Å². The molecule has 0 aliphatic carbocycles. The van der Waals surface area contributed by atoms with Crippen LogP contribution in [0.5, 0.6) is 5.75 Å². The first-order chi connectivity index (χ1) is 11.3. The van der Waals surface area contributed by atoms with Crippen LogP contribution in [0.2, 0.25) is 0 Å². The van der Waals surface area contributed by atoms with E-state index in [4.69, 9.17) is 0 Å². The number of rotatable bonds is 2. The quantitative estimate of drug-likeness (QED) is 0.340. The Balaban J connectivity index is 1.92. The van der Waals surface area contributed by atoms with Crippen molar-refractivity contribution in [2.75, 3.05) is 12.4 Å². The summed E-state index contributed by atoms with van der Waals surface area (Å²) >= 11 is 0. The molecule has 1 aliphatic rings. The number of urea groups is 2. The number of nitrogens with zero attached hydrogens (tertiary/aromatic N) is 1. The van der Waals surface area contributed by atoms with E-state index in [0.29, 0.717) is 4.90 Å². The number of aromatic hydroxyl groups is 1. The van der Waals surface area contributed by atoms with Gasteiger partial charge in [0.2, 0.25) is 5.91 Å². The third kappa shape index (κ3) is 3.58. The SMILES string of the molecule is CN1C(=O)NC(=O)C(C(=O)NNC(=O)Nc2cccc(O)c2)C1=O. The molecule has 1 aliphatic heterocycles. The number of carbonyl (C=O) groups is 5. The molecule has 7 amide bonds. The molecule has 1 fully saturated rings. The van der Waals surface area contributed by atoms with Crippen LogP contribution in [0.4, 0.5) is 15.3 Å². The lowest BCUT2D eigenvalue weighted by molar-refractivity contribution is -0.147. The highest BCUT2D eigenvalue weighted by molar-refractivity contribution is 6.26. The normalized spacial score (nSPS) is 17.1. The summed E-state index contributed by atoms with van der Waals surface area (Å²) in [5.74, 6) is -5.09. The van der Waals surface area contributed by atoms with Gasteiger partial charge in [-0.15, -0.1) is 0 Å². The fraction of sp³-hybridized carbons (Fsp3) is 0.154. The Kier molecular flexibility index (Phi) is 4.63. The number of phenolic OH excluding ortho intramolecular Hbond substituents is 1. The second-order valence-corrected chi connectivity index (χ2v) is 4.74. The zero-order chi connectivity index (χ0) is 17.9. The molecule has 1 aromatic carbocycles. The second kappa shape index (κ2) is 6.64. The maximum absolute atomic E-state index is 11.9. The third-order valence-electron chi connectivity index (χ3n) is 3.04. The van der Waals surface area contributed by atoms with E-state index in [-0.39, 0.29) is 11.4 Å². The molecule has 24 heavy (non-hydrogen) atoms. The summed E-state index contributed by atoms with van der Waals surface area (Å²) < 4.78 is 0. The molecule has 0 saturated carbocycles. The Labute approximate surface area is 135 Å². The van der Waals surface area contributed by atoms with Gasteiger partial charge in [-0.1, -0.05) is 6.07 Å². The largest absolute Gasteiger partial charge is 0.508 e. The van der Waals surface area contributed by atoms with Gasteiger partial charge in [-0.2, -0.15) is 0 Å². The number of hydrazine groups is 1. The molecule has 2 rings (SSSR count). The fourth-order valence-electron chi connectivity index (χ4n) is 1.84. The molecule has 1 saturated heterocycles. The van der Waals surface area contributed by atoms with Gasteiger partial charge in [0.25, 0.3) is 11.8 Å². The first kappa shape index (κ1) is 16.7. The predicted molar refractivity (Wildman–Crippen MR) is 78.2 cm³/mol. The number of nitrogens with one attached hydrogen (secondary N) is 4. The summed E-state index contributed by atoms with van der Waals surface area (Å²) in [7, 11) is 1.10. The predicted octanol–water partition coefficient (Wildman–Crippen LogP) is -1.13. The minimum absolute atomic E-state index is 0.0750. The monoisotopic (exact) mass is 335 g/mol. The summed E-state index contributed by atoms with van der Waals surface area (Å²) in [6.07, 6.45) is 0. The highest BCUT2D eigenvalue weighted by Crippen LogP contribution is 2.15. The highest BCUT2D eigenvalue weighted by atomic mass is 16.3. The van der Waals surface area contributed by atoms with E-state index in [9.17, 15) is 29.1 Å². The van der Waals surface area contributed by atoms with E-state index in [1.54, 1.807) is 0 Å². The van der Waals surface area contributed by atoms with Crippen LogP contribution in [0.15, 0.2) is 24.3 Å². The molecule has 1 heterocycles. The van der Waals surface area contributed by atoms with Crippen molar-refractivity contribution in [3.63, 3.8) is 0 Å². The van der Waals surface area contributed by atoms with Crippen LogP contribution in [0.1, 0.15) is 0 Å². The summed E-state index contributed by atoms with van der Waals surface area (Å²) in [5.41, 5.74) is 4.10. The first-order valence-electron chi connectivity index (χ1n) is 6.58. The Morgan fingerprint density at radius 1 is 1.21 bits per heavy atom. The number of barbiturate groups is 1. The van der Waals surface area contributed by atoms with Gasteiger partial charge in [0.1, 0.15) is 5.75 Å². The molecule has 0 spiro atoms. The third-order valence-corrected chi connectivity index (χ3v) is 3.04. The summed E-state index contributed by atoms with van der Waals surface area (Å²) in [4.78, 5) is 58.7. The minimum atomic E-state index is -1.80. The van der Waals surface area contributed by atoms with E-state index in [2.05, 4.69) is 5.32 Å². The van der Waals surface area contributed by atoms with Crippen molar-refractivity contribution in [3.8, 4) is 5.75 Å². The van der Waals surface area contributed by atoms with Crippen LogP contribution < -0.4 is 21.5 Å². The van der Waals surface area contributed by atoms with Crippen molar-refractivity contribution in [1.82, 2.24) is 21.1 Å². The lowest BCUT2D eigenvalue weighted by Crippen LogP contribution is -2.61. The molecular formula is C13H13N5O6. The zero-order valence-corrected chi connectivity index (χ0v) is 12.3. The van der Waals surface area contributed by atoms with Crippen molar-refractivity contribution in [1.29, 1.82) is 0 Å². The van der Waals surface area contributed by atoms with E-state index >= 15 is 0 Å². The number of amides is 7. The molecule has 11 heteroatoms. The number of benzene rings is 1. The second-order valence-electron chi connectivity index (χ2n) is 4.74. The first-order valence-corrected chi connectivity index (χ1v) is 6.58. The van der Waals surface area contributed by atoms with Gasteiger partial charge in [0, 0.05) is 18.8 Å². The number of anilines is 1. The molecule has 1 aromatic rings. The maximum Gasteiger partial charge on any atom is 0.337 e. The maximum atomic E-state index is 11.9. The smallest absolute Gasteiger partial charge is 0.337 e. The number of carbonyl (C=O) groups excluding carboxylic acids is 5. The van der Waals surface area contributed by atoms with Crippen molar-refractivity contribution in [2.24, 2.45) is 5.92 Å². The van der Waals surface area contributed by atoms with Crippen molar-refractivity contribution < 1.29 is 29.1 Å². The van der Waals surface area contributed by atoms with Gasteiger partial charge in [-0.05, 0) is 12.1 Å². The Morgan fingerprint density at radius 3 is 2.58 bits per heavy atom. The van der Waals surface area contributed by atoms with E-state index in [0.717, 1.165) is 7.05 Å². The molecule has 0 aromatic heterocycles. The Morgan fingerprint density at radius 2 is 1.92 bits per heavy atom. The topological polar surface area (TPSA) is 157 Å². The zero-order valence-electron chi connectivity index (χ0n) is 12.3. The summed E-state index contributed by atoms with van der Waals surface area (Å²) in [6, 6.07) is 3.82. The Bertz CT molecular complexity index is 733. The van der Waals surface area contributed by atoms with Crippen LogP contribution in [0.25, 0.3) is 0 Å². The molecule has 0 radical (unpaired) electrons. The van der Waals surface area contributed by atoms with Crippen LogP contribution in [-0.2, 0) is 14.4 Å².